The molecule has 0 aliphatic rings. The van der Waals surface area contributed by atoms with Crippen LogP contribution in [0.25, 0.3) is 10.2 Å². The molecule has 2 aromatic carbocycles. The van der Waals surface area contributed by atoms with Gasteiger partial charge in [0.2, 0.25) is 0 Å². The molecule has 0 atom stereocenters. The Morgan fingerprint density at radius 3 is 2.71 bits per heavy atom. The summed E-state index contributed by atoms with van der Waals surface area (Å²) in [5.41, 5.74) is 4.66. The highest BCUT2D eigenvalue weighted by Crippen LogP contribution is 2.33. The lowest BCUT2D eigenvalue weighted by Crippen LogP contribution is -2.11. The van der Waals surface area contributed by atoms with Crippen LogP contribution >= 0.6 is 27.3 Å². The number of benzene rings is 2. The maximum atomic E-state index is 12.2. The lowest BCUT2D eigenvalue weighted by atomic mass is 10.2. The van der Waals surface area contributed by atoms with E-state index in [1.165, 1.54) is 11.3 Å². The van der Waals surface area contributed by atoms with Crippen LogP contribution in [0.3, 0.4) is 0 Å². The zero-order chi connectivity index (χ0) is 14.8. The molecule has 0 spiro atoms. The summed E-state index contributed by atoms with van der Waals surface area (Å²) in [6, 6.07) is 12.8. The largest absolute Gasteiger partial charge is 0.322 e. The van der Waals surface area contributed by atoms with Crippen LogP contribution in [-0.4, -0.2) is 10.9 Å². The van der Waals surface area contributed by atoms with Gasteiger partial charge < -0.3 is 5.32 Å². The third kappa shape index (κ3) is 2.90. The number of carbonyl (C=O) groups excluding carboxylic acids is 1. The number of hydrogen-bond donors (Lipinski definition) is 3. The van der Waals surface area contributed by atoms with E-state index in [-0.39, 0.29) is 5.91 Å². The molecule has 4 N–H and O–H groups in total. The van der Waals surface area contributed by atoms with E-state index >= 15 is 0 Å². The average molecular weight is 363 g/mol. The summed E-state index contributed by atoms with van der Waals surface area (Å²) in [4.78, 5) is 16.5. The number of hydrazine groups is 1. The Hall–Kier alpha value is -1.96. The quantitative estimate of drug-likeness (QED) is 0.491. The number of halogens is 1. The van der Waals surface area contributed by atoms with Gasteiger partial charge in [-0.2, -0.15) is 0 Å². The highest BCUT2D eigenvalue weighted by Gasteiger charge is 2.11. The molecule has 0 saturated heterocycles. The minimum absolute atomic E-state index is 0.150. The predicted molar refractivity (Wildman–Crippen MR) is 89.5 cm³/mol. The Morgan fingerprint density at radius 1 is 1.24 bits per heavy atom. The number of nitrogens with zero attached hydrogens (tertiary/aromatic N) is 1. The van der Waals surface area contributed by atoms with Crippen molar-refractivity contribution >= 4 is 54.2 Å². The lowest BCUT2D eigenvalue weighted by Gasteiger charge is -2.06. The average Bonchev–Trinajstić information content (AvgIpc) is 2.92. The van der Waals surface area contributed by atoms with E-state index in [1.54, 1.807) is 12.1 Å². The third-order valence-electron chi connectivity index (χ3n) is 2.87. The fraction of sp³-hybridized carbons (Fsp3) is 0. The number of nitrogens with two attached hydrogens (primary N) is 1. The second-order valence-corrected chi connectivity index (χ2v) is 6.17. The lowest BCUT2D eigenvalue weighted by molar-refractivity contribution is 0.102. The normalized spacial score (nSPS) is 10.6. The van der Waals surface area contributed by atoms with Crippen molar-refractivity contribution in [3.8, 4) is 0 Å². The van der Waals surface area contributed by atoms with Gasteiger partial charge in [-0.15, -0.1) is 0 Å². The molecule has 0 aliphatic carbocycles. The van der Waals surface area contributed by atoms with Crippen molar-refractivity contribution in [2.45, 2.75) is 0 Å². The van der Waals surface area contributed by atoms with Crippen LogP contribution in [0.15, 0.2) is 46.9 Å². The zero-order valence-electron chi connectivity index (χ0n) is 10.8. The highest BCUT2D eigenvalue weighted by atomic mass is 79.9. The molecule has 3 rings (SSSR count). The molecule has 5 nitrogen and oxygen atoms in total. The van der Waals surface area contributed by atoms with Gasteiger partial charge in [-0.25, -0.2) is 10.8 Å². The number of nitrogens with one attached hydrogen (secondary N) is 2. The van der Waals surface area contributed by atoms with E-state index in [2.05, 4.69) is 31.7 Å². The zero-order valence-corrected chi connectivity index (χ0v) is 13.2. The van der Waals surface area contributed by atoms with Gasteiger partial charge in [0.1, 0.15) is 0 Å². The molecule has 0 bridgehead atoms. The van der Waals surface area contributed by atoms with Crippen LogP contribution in [0.5, 0.6) is 0 Å². The van der Waals surface area contributed by atoms with Crippen molar-refractivity contribution in [1.82, 2.24) is 4.98 Å². The van der Waals surface area contributed by atoms with E-state index < -0.39 is 0 Å². The number of amides is 1. The summed E-state index contributed by atoms with van der Waals surface area (Å²) >= 11 is 4.88. The van der Waals surface area contributed by atoms with Gasteiger partial charge in [0.05, 0.1) is 10.2 Å². The monoisotopic (exact) mass is 362 g/mol. The highest BCUT2D eigenvalue weighted by molar-refractivity contribution is 9.10. The molecule has 0 radical (unpaired) electrons. The van der Waals surface area contributed by atoms with E-state index in [0.29, 0.717) is 16.4 Å². The number of anilines is 2. The first-order valence-corrected chi connectivity index (χ1v) is 7.71. The molecular weight excluding hydrogens is 352 g/mol. The van der Waals surface area contributed by atoms with Crippen LogP contribution in [0.4, 0.5) is 10.8 Å². The minimum atomic E-state index is -0.150. The van der Waals surface area contributed by atoms with Crippen molar-refractivity contribution < 1.29 is 4.79 Å². The number of nitrogen functional groups attached to an aromatic ring is 1. The smallest absolute Gasteiger partial charge is 0.255 e. The van der Waals surface area contributed by atoms with Gasteiger partial charge in [0.25, 0.3) is 5.91 Å². The Morgan fingerprint density at radius 2 is 2.00 bits per heavy atom. The molecule has 1 heterocycles. The molecule has 3 aromatic rings. The van der Waals surface area contributed by atoms with Gasteiger partial charge in [-0.1, -0.05) is 29.5 Å². The first-order valence-electron chi connectivity index (χ1n) is 6.10. The van der Waals surface area contributed by atoms with Crippen LogP contribution < -0.4 is 16.6 Å². The second kappa shape index (κ2) is 5.80. The molecule has 106 valence electrons. The standard InChI is InChI=1S/C14H11BrN4OS/c15-10-6-9(7-11-12(10)18-14(19-16)21-11)17-13(20)8-4-2-1-3-5-8/h1-7H,16H2,(H,17,20)(H,18,19). The Labute approximate surface area is 133 Å². The van der Waals surface area contributed by atoms with Crippen LogP contribution in [0.2, 0.25) is 0 Å². The van der Waals surface area contributed by atoms with Crippen LogP contribution in [0, 0.1) is 0 Å². The molecule has 21 heavy (non-hydrogen) atoms. The maximum Gasteiger partial charge on any atom is 0.255 e. The number of aromatic nitrogens is 1. The van der Waals surface area contributed by atoms with Crippen LogP contribution in [-0.2, 0) is 0 Å². The summed E-state index contributed by atoms with van der Waals surface area (Å²) < 4.78 is 1.74. The van der Waals surface area contributed by atoms with Crippen molar-refractivity contribution in [3.05, 3.63) is 52.5 Å². The topological polar surface area (TPSA) is 80.0 Å². The molecule has 1 aromatic heterocycles. The second-order valence-electron chi connectivity index (χ2n) is 4.29. The summed E-state index contributed by atoms with van der Waals surface area (Å²) in [5, 5.41) is 3.50. The molecule has 7 heteroatoms. The van der Waals surface area contributed by atoms with Crippen molar-refractivity contribution in [1.29, 1.82) is 0 Å². The Balaban J connectivity index is 1.92. The van der Waals surface area contributed by atoms with Gasteiger partial charge in [-0.05, 0) is 40.2 Å². The van der Waals surface area contributed by atoms with E-state index in [1.807, 2.05) is 30.3 Å². The van der Waals surface area contributed by atoms with Gasteiger partial charge in [0.15, 0.2) is 5.13 Å². The fourth-order valence-corrected chi connectivity index (χ4v) is 3.44. The summed E-state index contributed by atoms with van der Waals surface area (Å²) in [6.45, 7) is 0. The number of hydrogen-bond acceptors (Lipinski definition) is 5. The van der Waals surface area contributed by atoms with E-state index in [9.17, 15) is 4.79 Å². The first kappa shape index (κ1) is 14.0. The third-order valence-corrected chi connectivity index (χ3v) is 4.40. The van der Waals surface area contributed by atoms with Crippen molar-refractivity contribution in [2.75, 3.05) is 10.7 Å². The molecule has 1 amide bonds. The van der Waals surface area contributed by atoms with Gasteiger partial charge in [-0.3, -0.25) is 10.2 Å². The van der Waals surface area contributed by atoms with Crippen molar-refractivity contribution in [3.63, 3.8) is 0 Å². The molecule has 0 aliphatic heterocycles. The summed E-state index contributed by atoms with van der Waals surface area (Å²) in [5.74, 6) is 5.22. The number of thiazole rings is 1. The number of carbonyl (C=O) groups is 1. The fourth-order valence-electron chi connectivity index (χ4n) is 1.92. The van der Waals surface area contributed by atoms with Gasteiger partial charge >= 0.3 is 0 Å². The number of rotatable bonds is 3. The van der Waals surface area contributed by atoms with E-state index in [0.717, 1.165) is 14.7 Å². The van der Waals surface area contributed by atoms with Gasteiger partial charge in [0, 0.05) is 15.7 Å². The number of fused-ring (bicyclic) bond motifs is 1. The molecule has 0 unspecified atom stereocenters. The Kier molecular flexibility index (Phi) is 3.87. The summed E-state index contributed by atoms with van der Waals surface area (Å²) in [7, 11) is 0. The molecule has 0 fully saturated rings. The van der Waals surface area contributed by atoms with Crippen molar-refractivity contribution in [2.24, 2.45) is 5.84 Å². The molecule has 0 saturated carbocycles. The minimum Gasteiger partial charge on any atom is -0.322 e. The molecular formula is C14H11BrN4OS. The summed E-state index contributed by atoms with van der Waals surface area (Å²) in [6.07, 6.45) is 0. The predicted octanol–water partition coefficient (Wildman–Crippen LogP) is 3.60. The SMILES string of the molecule is NNc1nc2c(Br)cc(NC(=O)c3ccccc3)cc2s1. The Bertz CT molecular complexity index is 803. The first-order chi connectivity index (χ1) is 10.2. The van der Waals surface area contributed by atoms with E-state index in [4.69, 9.17) is 5.84 Å². The maximum absolute atomic E-state index is 12.2. The van der Waals surface area contributed by atoms with Crippen LogP contribution in [0.1, 0.15) is 10.4 Å².